The van der Waals surface area contributed by atoms with Crippen LogP contribution in [0.2, 0.25) is 0 Å². The summed E-state index contributed by atoms with van der Waals surface area (Å²) in [6, 6.07) is 20.1. The van der Waals surface area contributed by atoms with Crippen LogP contribution in [0.4, 0.5) is 5.69 Å². The first-order valence-corrected chi connectivity index (χ1v) is 8.00. The molecule has 2 N–H and O–H groups in total. The Hall–Kier alpha value is -3.60. The monoisotopic (exact) mass is 347 g/mol. The lowest BCUT2D eigenvalue weighted by Gasteiger charge is -2.14. The van der Waals surface area contributed by atoms with Crippen molar-refractivity contribution in [3.05, 3.63) is 99.6 Å². The van der Waals surface area contributed by atoms with Gasteiger partial charge in [0.15, 0.2) is 0 Å². The number of rotatable bonds is 4. The van der Waals surface area contributed by atoms with Crippen LogP contribution in [0.3, 0.4) is 0 Å². The molecule has 3 aromatic rings. The first kappa shape index (κ1) is 17.2. The van der Waals surface area contributed by atoms with Gasteiger partial charge in [-0.05, 0) is 71.2 Å². The van der Waals surface area contributed by atoms with Crippen molar-refractivity contribution in [2.75, 3.05) is 0 Å². The molecule has 26 heavy (non-hydrogen) atoms. The summed E-state index contributed by atoms with van der Waals surface area (Å²) in [6.45, 7) is 1.94. The molecule has 130 valence electrons. The summed E-state index contributed by atoms with van der Waals surface area (Å²) >= 11 is 0. The first-order valence-electron chi connectivity index (χ1n) is 8.00. The maximum atomic E-state index is 10.9. The molecule has 0 saturated heterocycles. The van der Waals surface area contributed by atoms with E-state index in [4.69, 9.17) is 0 Å². The molecule has 0 amide bonds. The molecule has 0 unspecified atom stereocenters. The van der Waals surface area contributed by atoms with Crippen LogP contribution in [0.1, 0.15) is 23.6 Å². The molecule has 0 aliphatic rings. The normalized spacial score (nSPS) is 10.3. The molecule has 0 saturated carbocycles. The molecule has 0 bridgehead atoms. The number of phenols is 2. The lowest BCUT2D eigenvalue weighted by atomic mass is 9.90. The molecular formula is C21H17NO4. The van der Waals surface area contributed by atoms with Crippen molar-refractivity contribution in [3.63, 3.8) is 0 Å². The number of nitro groups is 1. The Morgan fingerprint density at radius 1 is 0.731 bits per heavy atom. The third kappa shape index (κ3) is 3.57. The smallest absolute Gasteiger partial charge is 0.269 e. The third-order valence-corrected chi connectivity index (χ3v) is 4.20. The fourth-order valence-corrected chi connectivity index (χ4v) is 2.83. The Morgan fingerprint density at radius 2 is 1.12 bits per heavy atom. The molecule has 0 radical (unpaired) electrons. The van der Waals surface area contributed by atoms with Gasteiger partial charge >= 0.3 is 0 Å². The van der Waals surface area contributed by atoms with Gasteiger partial charge < -0.3 is 10.2 Å². The number of phenolic OH excluding ortho intramolecular Hbond substituents is 2. The minimum atomic E-state index is -0.427. The van der Waals surface area contributed by atoms with Gasteiger partial charge in [-0.25, -0.2) is 0 Å². The minimum absolute atomic E-state index is 0.0392. The topological polar surface area (TPSA) is 83.6 Å². The predicted octanol–water partition coefficient (Wildman–Crippen LogP) is 4.99. The van der Waals surface area contributed by atoms with E-state index in [0.29, 0.717) is 0 Å². The summed E-state index contributed by atoms with van der Waals surface area (Å²) in [7, 11) is 0. The molecule has 0 heterocycles. The molecule has 5 heteroatoms. The molecule has 0 atom stereocenters. The zero-order valence-electron chi connectivity index (χ0n) is 14.1. The van der Waals surface area contributed by atoms with Crippen LogP contribution in [0.5, 0.6) is 11.5 Å². The van der Waals surface area contributed by atoms with E-state index in [1.54, 1.807) is 36.4 Å². The number of non-ortho nitro benzene ring substituents is 1. The maximum absolute atomic E-state index is 10.9. The zero-order valence-corrected chi connectivity index (χ0v) is 14.1. The number of hydrogen-bond donors (Lipinski definition) is 2. The molecule has 0 aromatic heterocycles. The molecule has 0 spiro atoms. The molecule has 5 nitrogen and oxygen atoms in total. The molecule has 3 aromatic carbocycles. The minimum Gasteiger partial charge on any atom is -0.508 e. The first-order chi connectivity index (χ1) is 12.5. The van der Waals surface area contributed by atoms with Gasteiger partial charge in [-0.2, -0.15) is 0 Å². The number of nitro benzene ring substituents is 1. The summed E-state index contributed by atoms with van der Waals surface area (Å²) in [4.78, 5) is 10.4. The summed E-state index contributed by atoms with van der Waals surface area (Å²) < 4.78 is 0. The Kier molecular flexibility index (Phi) is 4.71. The van der Waals surface area contributed by atoms with Crippen LogP contribution in [-0.4, -0.2) is 15.1 Å². The van der Waals surface area contributed by atoms with Crippen molar-refractivity contribution in [2.24, 2.45) is 0 Å². The van der Waals surface area contributed by atoms with E-state index in [1.165, 1.54) is 12.1 Å². The van der Waals surface area contributed by atoms with E-state index in [-0.39, 0.29) is 17.2 Å². The summed E-state index contributed by atoms with van der Waals surface area (Å²) in [5.41, 5.74) is 4.52. The fourth-order valence-electron chi connectivity index (χ4n) is 2.83. The molecular weight excluding hydrogens is 330 g/mol. The highest BCUT2D eigenvalue weighted by molar-refractivity contribution is 5.98. The second-order valence-corrected chi connectivity index (χ2v) is 5.90. The van der Waals surface area contributed by atoms with Gasteiger partial charge in [0, 0.05) is 12.1 Å². The van der Waals surface area contributed by atoms with Crippen LogP contribution in [0.15, 0.2) is 72.8 Å². The number of allylic oxidation sites excluding steroid dienone is 1. The molecule has 0 fully saturated rings. The van der Waals surface area contributed by atoms with Gasteiger partial charge in [0.25, 0.3) is 5.69 Å². The highest BCUT2D eigenvalue weighted by Gasteiger charge is 2.12. The standard InChI is InChI=1S/C21H17NO4/c1-14(15-2-8-18(9-3-15)22(25)26)21(16-4-10-19(23)11-5-16)17-6-12-20(24)13-7-17/h2-13,23-24H,1H3. The summed E-state index contributed by atoms with van der Waals surface area (Å²) in [6.07, 6.45) is 0. The second-order valence-electron chi connectivity index (χ2n) is 5.90. The van der Waals surface area contributed by atoms with Crippen molar-refractivity contribution >= 4 is 16.8 Å². The molecule has 0 aliphatic heterocycles. The van der Waals surface area contributed by atoms with Crippen LogP contribution in [0.25, 0.3) is 11.1 Å². The van der Waals surface area contributed by atoms with Gasteiger partial charge in [0.2, 0.25) is 0 Å². The van der Waals surface area contributed by atoms with Crippen molar-refractivity contribution < 1.29 is 15.1 Å². The Labute approximate surface area is 150 Å². The van der Waals surface area contributed by atoms with E-state index in [9.17, 15) is 20.3 Å². The van der Waals surface area contributed by atoms with Gasteiger partial charge in [-0.1, -0.05) is 24.3 Å². The van der Waals surface area contributed by atoms with Gasteiger partial charge in [-0.15, -0.1) is 0 Å². The van der Waals surface area contributed by atoms with Crippen molar-refractivity contribution in [3.8, 4) is 11.5 Å². The highest BCUT2D eigenvalue weighted by atomic mass is 16.6. The quantitative estimate of drug-likeness (QED) is 0.396. The van der Waals surface area contributed by atoms with Gasteiger partial charge in [-0.3, -0.25) is 10.1 Å². The van der Waals surface area contributed by atoms with E-state index in [2.05, 4.69) is 0 Å². The molecule has 3 rings (SSSR count). The second kappa shape index (κ2) is 7.11. The summed E-state index contributed by atoms with van der Waals surface area (Å²) in [5.74, 6) is 0.346. The number of nitrogens with zero attached hydrogens (tertiary/aromatic N) is 1. The molecule has 0 aliphatic carbocycles. The Bertz CT molecular complexity index is 909. The fraction of sp³-hybridized carbons (Fsp3) is 0.0476. The zero-order chi connectivity index (χ0) is 18.7. The average Bonchev–Trinajstić information content (AvgIpc) is 2.65. The van der Waals surface area contributed by atoms with Gasteiger partial charge in [0.05, 0.1) is 4.92 Å². The van der Waals surface area contributed by atoms with Gasteiger partial charge in [0.1, 0.15) is 11.5 Å². The predicted molar refractivity (Wildman–Crippen MR) is 101 cm³/mol. The SMILES string of the molecule is CC(=C(c1ccc(O)cc1)c1ccc(O)cc1)c1ccc([N+](=O)[O-])cc1. The largest absolute Gasteiger partial charge is 0.508 e. The Balaban J connectivity index is 2.17. The lowest BCUT2D eigenvalue weighted by Crippen LogP contribution is -1.94. The van der Waals surface area contributed by atoms with E-state index in [0.717, 1.165) is 27.8 Å². The highest BCUT2D eigenvalue weighted by Crippen LogP contribution is 2.34. The maximum Gasteiger partial charge on any atom is 0.269 e. The number of aromatic hydroxyl groups is 2. The van der Waals surface area contributed by atoms with Crippen molar-refractivity contribution in [1.29, 1.82) is 0 Å². The lowest BCUT2D eigenvalue weighted by molar-refractivity contribution is -0.384. The van der Waals surface area contributed by atoms with Crippen LogP contribution in [-0.2, 0) is 0 Å². The van der Waals surface area contributed by atoms with Crippen molar-refractivity contribution in [2.45, 2.75) is 6.92 Å². The van der Waals surface area contributed by atoms with E-state index in [1.807, 2.05) is 31.2 Å². The number of hydrogen-bond acceptors (Lipinski definition) is 4. The van der Waals surface area contributed by atoms with E-state index >= 15 is 0 Å². The van der Waals surface area contributed by atoms with Crippen LogP contribution in [0, 0.1) is 10.1 Å². The van der Waals surface area contributed by atoms with Crippen LogP contribution < -0.4 is 0 Å². The van der Waals surface area contributed by atoms with E-state index < -0.39 is 4.92 Å². The number of benzene rings is 3. The van der Waals surface area contributed by atoms with Crippen molar-refractivity contribution in [1.82, 2.24) is 0 Å². The summed E-state index contributed by atoms with van der Waals surface area (Å²) in [5, 5.41) is 30.0. The Morgan fingerprint density at radius 3 is 1.50 bits per heavy atom. The van der Waals surface area contributed by atoms with Crippen LogP contribution >= 0.6 is 0 Å². The third-order valence-electron chi connectivity index (χ3n) is 4.20. The average molecular weight is 347 g/mol.